The molecule has 2 aromatic rings. The number of aromatic amines is 1. The van der Waals surface area contributed by atoms with Gasteiger partial charge in [-0.3, -0.25) is 14.7 Å². The summed E-state index contributed by atoms with van der Waals surface area (Å²) >= 11 is 0. The molecule has 0 atom stereocenters. The van der Waals surface area contributed by atoms with Crippen molar-refractivity contribution in [3.8, 4) is 0 Å². The summed E-state index contributed by atoms with van der Waals surface area (Å²) in [5, 5.41) is 6.48. The van der Waals surface area contributed by atoms with Crippen LogP contribution in [0.3, 0.4) is 0 Å². The van der Waals surface area contributed by atoms with Crippen LogP contribution in [0.15, 0.2) is 24.3 Å². The third kappa shape index (κ3) is 1.74. The van der Waals surface area contributed by atoms with Gasteiger partial charge in [-0.25, -0.2) is 9.78 Å². The zero-order valence-electron chi connectivity index (χ0n) is 10.3. The number of rotatable bonds is 2. The lowest BCUT2D eigenvalue weighted by atomic mass is 10.1. The minimum absolute atomic E-state index is 0.191. The van der Waals surface area contributed by atoms with Crippen LogP contribution in [-0.4, -0.2) is 38.0 Å². The number of nitrogens with one attached hydrogen (secondary N) is 1. The molecule has 0 fully saturated rings. The lowest BCUT2D eigenvalue weighted by molar-refractivity contribution is -0.0592. The van der Waals surface area contributed by atoms with E-state index in [0.717, 1.165) is 0 Å². The van der Waals surface area contributed by atoms with Gasteiger partial charge in [0.05, 0.1) is 11.1 Å². The van der Waals surface area contributed by atoms with Gasteiger partial charge in [-0.05, 0) is 19.1 Å². The number of amides is 2. The highest BCUT2D eigenvalue weighted by molar-refractivity contribution is 6.21. The molecule has 1 aliphatic heterocycles. The third-order valence-electron chi connectivity index (χ3n) is 2.71. The lowest BCUT2D eigenvalue weighted by Gasteiger charge is -2.10. The van der Waals surface area contributed by atoms with Gasteiger partial charge < -0.3 is 4.84 Å². The Morgan fingerprint density at radius 2 is 1.80 bits per heavy atom. The molecule has 2 heterocycles. The fraction of sp³-hybridized carbons (Fsp3) is 0.0833. The molecule has 8 nitrogen and oxygen atoms in total. The summed E-state index contributed by atoms with van der Waals surface area (Å²) in [6.45, 7) is 1.60. The van der Waals surface area contributed by atoms with Crippen molar-refractivity contribution in [2.24, 2.45) is 0 Å². The van der Waals surface area contributed by atoms with Gasteiger partial charge in [-0.2, -0.15) is 0 Å². The maximum Gasteiger partial charge on any atom is 0.403 e. The van der Waals surface area contributed by atoms with E-state index in [2.05, 4.69) is 15.2 Å². The third-order valence-corrected chi connectivity index (χ3v) is 2.71. The van der Waals surface area contributed by atoms with Gasteiger partial charge in [-0.15, -0.1) is 5.10 Å². The summed E-state index contributed by atoms with van der Waals surface area (Å²) in [7, 11) is 0. The molecule has 8 heteroatoms. The predicted octanol–water partition coefficient (Wildman–Crippen LogP) is 0.481. The second-order valence-electron chi connectivity index (χ2n) is 4.07. The Kier molecular flexibility index (Phi) is 2.56. The number of fused-ring (bicyclic) bond motifs is 1. The number of hydrogen-bond acceptors (Lipinski definition) is 6. The quantitative estimate of drug-likeness (QED) is 0.797. The topological polar surface area (TPSA) is 105 Å². The molecule has 0 saturated carbocycles. The summed E-state index contributed by atoms with van der Waals surface area (Å²) in [6, 6.07) is 6.21. The molecule has 1 N–H and O–H groups in total. The Hall–Kier alpha value is -3.03. The molecule has 100 valence electrons. The first-order chi connectivity index (χ1) is 9.58. The van der Waals surface area contributed by atoms with Crippen LogP contribution < -0.4 is 0 Å². The smallest absolute Gasteiger partial charge is 0.321 e. The van der Waals surface area contributed by atoms with E-state index in [9.17, 15) is 14.4 Å². The number of H-pyrrole nitrogens is 1. The molecule has 1 aliphatic rings. The highest BCUT2D eigenvalue weighted by Crippen LogP contribution is 2.22. The number of hydrogen-bond donors (Lipinski definition) is 1. The van der Waals surface area contributed by atoms with Gasteiger partial charge in [0.2, 0.25) is 0 Å². The highest BCUT2D eigenvalue weighted by Gasteiger charge is 2.39. The monoisotopic (exact) mass is 272 g/mol. The van der Waals surface area contributed by atoms with Crippen LogP contribution in [0.2, 0.25) is 0 Å². The molecule has 1 aromatic heterocycles. The average molecular weight is 272 g/mol. The fourth-order valence-corrected chi connectivity index (χ4v) is 1.81. The van der Waals surface area contributed by atoms with Gasteiger partial charge in [0.1, 0.15) is 5.82 Å². The van der Waals surface area contributed by atoms with E-state index in [1.54, 1.807) is 19.1 Å². The van der Waals surface area contributed by atoms with E-state index in [0.29, 0.717) is 10.9 Å². The number of nitrogens with zero attached hydrogens (tertiary/aromatic N) is 3. The Bertz CT molecular complexity index is 702. The standard InChI is InChI=1S/C12H8N4O4/c1-6-13-9(15-14-6)12(19)20-16-10(17)7-4-2-3-5-8(7)11(16)18/h2-5H,1H3,(H,13,14,15). The number of imide groups is 1. The number of benzene rings is 1. The zero-order chi connectivity index (χ0) is 14.3. The van der Waals surface area contributed by atoms with Crippen LogP contribution in [0.4, 0.5) is 0 Å². The van der Waals surface area contributed by atoms with Crippen molar-refractivity contribution >= 4 is 17.8 Å². The predicted molar refractivity (Wildman–Crippen MR) is 63.5 cm³/mol. The first kappa shape index (κ1) is 12.0. The molecular weight excluding hydrogens is 264 g/mol. The summed E-state index contributed by atoms with van der Waals surface area (Å²) in [6.07, 6.45) is 0. The summed E-state index contributed by atoms with van der Waals surface area (Å²) < 4.78 is 0. The van der Waals surface area contributed by atoms with Crippen molar-refractivity contribution in [2.45, 2.75) is 6.92 Å². The second-order valence-corrected chi connectivity index (χ2v) is 4.07. The average Bonchev–Trinajstić information content (AvgIpc) is 2.98. The minimum Gasteiger partial charge on any atom is -0.321 e. The van der Waals surface area contributed by atoms with E-state index in [1.807, 2.05) is 0 Å². The number of hydroxylamine groups is 2. The Labute approximate surface area is 112 Å². The van der Waals surface area contributed by atoms with Crippen LogP contribution in [0.5, 0.6) is 0 Å². The molecular formula is C12H8N4O4. The first-order valence-electron chi connectivity index (χ1n) is 5.67. The van der Waals surface area contributed by atoms with E-state index >= 15 is 0 Å². The fourth-order valence-electron chi connectivity index (χ4n) is 1.81. The van der Waals surface area contributed by atoms with Crippen LogP contribution >= 0.6 is 0 Å². The molecule has 0 bridgehead atoms. The van der Waals surface area contributed by atoms with Crippen molar-refractivity contribution in [3.05, 3.63) is 47.0 Å². The molecule has 0 radical (unpaired) electrons. The summed E-state index contributed by atoms with van der Waals surface area (Å²) in [4.78, 5) is 44.2. The first-order valence-corrected chi connectivity index (χ1v) is 5.67. The Balaban J connectivity index is 1.85. The molecule has 3 rings (SSSR count). The van der Waals surface area contributed by atoms with Gasteiger partial charge in [-0.1, -0.05) is 17.2 Å². The molecule has 1 aromatic carbocycles. The zero-order valence-corrected chi connectivity index (χ0v) is 10.3. The Morgan fingerprint density at radius 3 is 2.30 bits per heavy atom. The molecule has 0 spiro atoms. The molecule has 0 aliphatic carbocycles. The number of aromatic nitrogens is 3. The lowest BCUT2D eigenvalue weighted by Crippen LogP contribution is -2.33. The second kappa shape index (κ2) is 4.26. The van der Waals surface area contributed by atoms with Crippen molar-refractivity contribution in [3.63, 3.8) is 0 Å². The maximum atomic E-state index is 12.0. The summed E-state index contributed by atoms with van der Waals surface area (Å²) in [5.74, 6) is -2.19. The van der Waals surface area contributed by atoms with Gasteiger partial charge >= 0.3 is 5.97 Å². The number of aryl methyl sites for hydroxylation is 1. The van der Waals surface area contributed by atoms with E-state index in [-0.39, 0.29) is 17.0 Å². The number of carbonyl (C=O) groups is 3. The van der Waals surface area contributed by atoms with Gasteiger partial charge in [0.15, 0.2) is 0 Å². The summed E-state index contributed by atoms with van der Waals surface area (Å²) in [5.41, 5.74) is 0.382. The van der Waals surface area contributed by atoms with Crippen LogP contribution in [0.1, 0.15) is 37.2 Å². The molecule has 2 amide bonds. The van der Waals surface area contributed by atoms with Crippen LogP contribution in [0.25, 0.3) is 0 Å². The SMILES string of the molecule is Cc1nc(C(=O)ON2C(=O)c3ccccc3C2=O)n[nH]1. The van der Waals surface area contributed by atoms with Crippen molar-refractivity contribution in [1.29, 1.82) is 0 Å². The molecule has 0 saturated heterocycles. The Morgan fingerprint density at radius 1 is 1.20 bits per heavy atom. The maximum absolute atomic E-state index is 12.0. The van der Waals surface area contributed by atoms with Crippen molar-refractivity contribution in [1.82, 2.24) is 20.2 Å². The van der Waals surface area contributed by atoms with Crippen molar-refractivity contribution < 1.29 is 19.2 Å². The minimum atomic E-state index is -0.983. The number of carbonyl (C=O) groups excluding carboxylic acids is 3. The van der Waals surface area contributed by atoms with E-state index in [4.69, 9.17) is 4.84 Å². The van der Waals surface area contributed by atoms with Gasteiger partial charge in [0.25, 0.3) is 17.6 Å². The van der Waals surface area contributed by atoms with Crippen molar-refractivity contribution in [2.75, 3.05) is 0 Å². The van der Waals surface area contributed by atoms with Crippen LogP contribution in [-0.2, 0) is 4.84 Å². The molecule has 20 heavy (non-hydrogen) atoms. The normalized spacial score (nSPS) is 13.6. The van der Waals surface area contributed by atoms with E-state index in [1.165, 1.54) is 12.1 Å². The highest BCUT2D eigenvalue weighted by atomic mass is 16.7. The van der Waals surface area contributed by atoms with Gasteiger partial charge in [0, 0.05) is 0 Å². The largest absolute Gasteiger partial charge is 0.403 e. The van der Waals surface area contributed by atoms with Crippen LogP contribution in [0, 0.1) is 6.92 Å². The molecule has 0 unspecified atom stereocenters. The van der Waals surface area contributed by atoms with E-state index < -0.39 is 17.8 Å².